The van der Waals surface area contributed by atoms with Gasteiger partial charge in [0.15, 0.2) is 0 Å². The number of hydrogen-bond acceptors (Lipinski definition) is 1. The molecular weight excluding hydrogens is 244 g/mol. The van der Waals surface area contributed by atoms with Gasteiger partial charge in [0.2, 0.25) is 0 Å². The quantitative estimate of drug-likeness (QED) is 0.645. The van der Waals surface area contributed by atoms with Crippen LogP contribution in [0.25, 0.3) is 0 Å². The Kier molecular flexibility index (Phi) is 4.65. The highest BCUT2D eigenvalue weighted by Gasteiger charge is 2.41. The fraction of sp³-hybridized carbons (Fsp3) is 1.00. The molecular formula is C16H29ClO. The number of ether oxygens (including phenoxy) is 1. The maximum absolute atomic E-state index is 6.67. The Morgan fingerprint density at radius 2 is 1.94 bits per heavy atom. The Morgan fingerprint density at radius 1 is 1.28 bits per heavy atom. The molecule has 1 aliphatic heterocycles. The van der Waals surface area contributed by atoms with Crippen LogP contribution in [0.5, 0.6) is 0 Å². The summed E-state index contributed by atoms with van der Waals surface area (Å²) < 4.78 is 6.09. The predicted molar refractivity (Wildman–Crippen MR) is 78.2 cm³/mol. The van der Waals surface area contributed by atoms with Gasteiger partial charge in [0.25, 0.3) is 0 Å². The Hall–Kier alpha value is 0.250. The lowest BCUT2D eigenvalue weighted by Crippen LogP contribution is -2.40. The molecule has 0 aromatic rings. The van der Waals surface area contributed by atoms with Crippen molar-refractivity contribution in [1.29, 1.82) is 0 Å². The van der Waals surface area contributed by atoms with Gasteiger partial charge >= 0.3 is 0 Å². The van der Waals surface area contributed by atoms with Gasteiger partial charge in [-0.15, -0.1) is 11.6 Å². The molecule has 1 saturated carbocycles. The van der Waals surface area contributed by atoms with E-state index in [1.165, 1.54) is 44.9 Å². The molecule has 0 amide bonds. The molecule has 1 aliphatic carbocycles. The number of hydrogen-bond donors (Lipinski definition) is 0. The highest BCUT2D eigenvalue weighted by atomic mass is 35.5. The minimum atomic E-state index is 0.220. The van der Waals surface area contributed by atoms with Gasteiger partial charge in [0, 0.05) is 12.0 Å². The summed E-state index contributed by atoms with van der Waals surface area (Å²) in [5.41, 5.74) is 0.626. The summed E-state index contributed by atoms with van der Waals surface area (Å²) >= 11 is 6.67. The van der Waals surface area contributed by atoms with Crippen molar-refractivity contribution in [1.82, 2.24) is 0 Å². The van der Waals surface area contributed by atoms with Crippen LogP contribution in [0, 0.1) is 11.3 Å². The molecule has 1 saturated heterocycles. The third-order valence-corrected chi connectivity index (χ3v) is 5.30. The molecule has 2 atom stereocenters. The topological polar surface area (TPSA) is 9.23 Å². The Morgan fingerprint density at radius 3 is 2.56 bits per heavy atom. The van der Waals surface area contributed by atoms with Gasteiger partial charge < -0.3 is 4.74 Å². The largest absolute Gasteiger partial charge is 0.375 e. The van der Waals surface area contributed by atoms with Crippen molar-refractivity contribution in [2.75, 3.05) is 6.61 Å². The smallest absolute Gasteiger partial charge is 0.0685 e. The van der Waals surface area contributed by atoms with Gasteiger partial charge in [-0.25, -0.2) is 0 Å². The van der Waals surface area contributed by atoms with Crippen LogP contribution in [0.2, 0.25) is 0 Å². The normalized spacial score (nSPS) is 29.7. The summed E-state index contributed by atoms with van der Waals surface area (Å²) in [4.78, 5) is 0. The minimum absolute atomic E-state index is 0.220. The zero-order valence-electron chi connectivity index (χ0n) is 12.3. The summed E-state index contributed by atoms with van der Waals surface area (Å²) in [5.74, 6) is 0.681. The zero-order valence-corrected chi connectivity index (χ0v) is 13.1. The fourth-order valence-electron chi connectivity index (χ4n) is 3.55. The molecule has 2 heteroatoms. The highest BCUT2D eigenvalue weighted by molar-refractivity contribution is 6.20. The first-order chi connectivity index (χ1) is 8.40. The molecule has 2 unspecified atom stereocenters. The number of rotatable bonds is 3. The average Bonchev–Trinajstić information content (AvgIpc) is 2.73. The lowest BCUT2D eigenvalue weighted by atomic mass is 9.80. The average molecular weight is 273 g/mol. The predicted octanol–water partition coefficient (Wildman–Crippen LogP) is 5.16. The van der Waals surface area contributed by atoms with Crippen molar-refractivity contribution < 1.29 is 4.74 Å². The summed E-state index contributed by atoms with van der Waals surface area (Å²) in [6.45, 7) is 7.85. The van der Waals surface area contributed by atoms with Crippen LogP contribution in [-0.2, 0) is 4.74 Å². The van der Waals surface area contributed by atoms with Crippen molar-refractivity contribution >= 4 is 11.6 Å². The summed E-state index contributed by atoms with van der Waals surface area (Å²) in [6, 6.07) is 0. The molecule has 0 aromatic heterocycles. The molecule has 2 aliphatic rings. The number of halogens is 1. The van der Waals surface area contributed by atoms with E-state index in [2.05, 4.69) is 20.8 Å². The molecule has 1 spiro atoms. The summed E-state index contributed by atoms with van der Waals surface area (Å²) in [6.07, 6.45) is 10.0. The van der Waals surface area contributed by atoms with Gasteiger partial charge in [0.05, 0.1) is 5.60 Å². The second kappa shape index (κ2) is 5.71. The van der Waals surface area contributed by atoms with E-state index in [4.69, 9.17) is 16.3 Å². The second-order valence-corrected chi connectivity index (χ2v) is 8.17. The molecule has 2 fully saturated rings. The lowest BCUT2D eigenvalue weighted by molar-refractivity contribution is -0.0933. The molecule has 0 radical (unpaired) electrons. The van der Waals surface area contributed by atoms with Gasteiger partial charge in [-0.3, -0.25) is 0 Å². The molecule has 2 rings (SSSR count). The third kappa shape index (κ3) is 3.87. The van der Waals surface area contributed by atoms with E-state index in [0.29, 0.717) is 16.7 Å². The third-order valence-electron chi connectivity index (χ3n) is 4.73. The lowest BCUT2D eigenvalue weighted by Gasteiger charge is -2.40. The standard InChI is InChI=1S/C16H29ClO/c1-15(2,3)10-6-14(17)13-7-11-18-16(12-13)8-4-5-9-16/h13-14H,4-12H2,1-3H3. The van der Waals surface area contributed by atoms with Crippen LogP contribution in [0.15, 0.2) is 0 Å². The minimum Gasteiger partial charge on any atom is -0.375 e. The molecule has 1 nitrogen and oxygen atoms in total. The van der Waals surface area contributed by atoms with Crippen molar-refractivity contribution in [3.05, 3.63) is 0 Å². The van der Waals surface area contributed by atoms with E-state index in [0.717, 1.165) is 13.0 Å². The Balaban J connectivity index is 1.84. The second-order valence-electron chi connectivity index (χ2n) is 7.61. The maximum atomic E-state index is 6.67. The van der Waals surface area contributed by atoms with Crippen molar-refractivity contribution in [2.24, 2.45) is 11.3 Å². The maximum Gasteiger partial charge on any atom is 0.0685 e. The summed E-state index contributed by atoms with van der Waals surface area (Å²) in [7, 11) is 0. The van der Waals surface area contributed by atoms with Crippen molar-refractivity contribution in [3.8, 4) is 0 Å². The van der Waals surface area contributed by atoms with Crippen molar-refractivity contribution in [2.45, 2.75) is 83.1 Å². The van der Waals surface area contributed by atoms with Crippen LogP contribution in [-0.4, -0.2) is 17.6 Å². The Labute approximate surface area is 118 Å². The van der Waals surface area contributed by atoms with Gasteiger partial charge in [-0.2, -0.15) is 0 Å². The molecule has 1 heterocycles. The SMILES string of the molecule is CC(C)(C)CCC(Cl)C1CCOC2(CCCC2)C1. The van der Waals surface area contributed by atoms with E-state index in [1.54, 1.807) is 0 Å². The fourth-order valence-corrected chi connectivity index (χ4v) is 3.87. The van der Waals surface area contributed by atoms with E-state index < -0.39 is 0 Å². The molecule has 18 heavy (non-hydrogen) atoms. The first kappa shape index (κ1) is 14.7. The van der Waals surface area contributed by atoms with Crippen LogP contribution in [0.3, 0.4) is 0 Å². The first-order valence-electron chi connectivity index (χ1n) is 7.68. The molecule has 0 N–H and O–H groups in total. The van der Waals surface area contributed by atoms with Gasteiger partial charge in [0.1, 0.15) is 0 Å². The molecule has 106 valence electrons. The summed E-state index contributed by atoms with van der Waals surface area (Å²) in [5, 5.41) is 0.352. The van der Waals surface area contributed by atoms with Gasteiger partial charge in [-0.1, -0.05) is 33.6 Å². The number of alkyl halides is 1. The highest BCUT2D eigenvalue weighted by Crippen LogP contribution is 2.44. The van der Waals surface area contributed by atoms with Crippen molar-refractivity contribution in [3.63, 3.8) is 0 Å². The van der Waals surface area contributed by atoms with Gasteiger partial charge in [-0.05, 0) is 49.9 Å². The first-order valence-corrected chi connectivity index (χ1v) is 8.12. The molecule has 0 aromatic carbocycles. The Bertz CT molecular complexity index is 263. The monoisotopic (exact) mass is 272 g/mol. The van der Waals surface area contributed by atoms with Crippen LogP contribution < -0.4 is 0 Å². The molecule has 0 bridgehead atoms. The van der Waals surface area contributed by atoms with Crippen LogP contribution in [0.1, 0.15) is 72.1 Å². The van der Waals surface area contributed by atoms with Crippen LogP contribution in [0.4, 0.5) is 0 Å². The van der Waals surface area contributed by atoms with E-state index >= 15 is 0 Å². The van der Waals surface area contributed by atoms with E-state index in [9.17, 15) is 0 Å². The zero-order chi connectivity index (χ0) is 13.2. The van der Waals surface area contributed by atoms with E-state index in [1.807, 2.05) is 0 Å². The van der Waals surface area contributed by atoms with Crippen LogP contribution >= 0.6 is 11.6 Å². The van der Waals surface area contributed by atoms with E-state index in [-0.39, 0.29) is 5.60 Å².